The number of aromatic nitrogens is 2. The first kappa shape index (κ1) is 13.0. The summed E-state index contributed by atoms with van der Waals surface area (Å²) in [5.74, 6) is 1.43. The highest BCUT2D eigenvalue weighted by Gasteiger charge is 2.26. The Balaban J connectivity index is 2.32. The van der Waals surface area contributed by atoms with Crippen LogP contribution in [0, 0.1) is 10.5 Å². The average molecular weight is 347 g/mol. The first-order chi connectivity index (χ1) is 7.99. The van der Waals surface area contributed by atoms with E-state index >= 15 is 0 Å². The zero-order valence-corrected chi connectivity index (χ0v) is 12.6. The summed E-state index contributed by atoms with van der Waals surface area (Å²) in [7, 11) is 4.24. The fraction of sp³-hybridized carbons (Fsp3) is 0.636. The quantitative estimate of drug-likeness (QED) is 0.765. The average Bonchev–Trinajstić information content (AvgIpc) is 2.28. The van der Waals surface area contributed by atoms with Gasteiger partial charge in [0, 0.05) is 19.6 Å². The lowest BCUT2D eigenvalue weighted by Crippen LogP contribution is -2.45. The number of piperazine rings is 1. The van der Waals surface area contributed by atoms with Crippen molar-refractivity contribution in [2.24, 2.45) is 0 Å². The molecule has 2 rings (SSSR count). The third kappa shape index (κ3) is 2.69. The van der Waals surface area contributed by atoms with Crippen LogP contribution < -0.4 is 5.73 Å². The van der Waals surface area contributed by atoms with Crippen molar-refractivity contribution >= 4 is 28.4 Å². The molecule has 0 saturated carbocycles. The van der Waals surface area contributed by atoms with Gasteiger partial charge >= 0.3 is 0 Å². The van der Waals surface area contributed by atoms with Gasteiger partial charge in [0.1, 0.15) is 11.6 Å². The van der Waals surface area contributed by atoms with Crippen molar-refractivity contribution in [3.05, 3.63) is 15.1 Å². The maximum atomic E-state index is 5.92. The number of halogens is 1. The fourth-order valence-electron chi connectivity index (χ4n) is 2.04. The molecule has 2 N–H and O–H groups in total. The van der Waals surface area contributed by atoms with E-state index in [-0.39, 0.29) is 6.04 Å². The Labute approximate surface area is 116 Å². The van der Waals surface area contributed by atoms with Gasteiger partial charge in [-0.25, -0.2) is 9.97 Å². The topological polar surface area (TPSA) is 58.3 Å². The minimum absolute atomic E-state index is 0.242. The Morgan fingerprint density at radius 2 is 2.00 bits per heavy atom. The molecule has 1 aliphatic heterocycles. The van der Waals surface area contributed by atoms with Gasteiger partial charge in [-0.1, -0.05) is 0 Å². The summed E-state index contributed by atoms with van der Waals surface area (Å²) in [5.41, 5.74) is 6.88. The maximum absolute atomic E-state index is 5.92. The largest absolute Gasteiger partial charge is 0.383 e. The smallest absolute Gasteiger partial charge is 0.149 e. The Morgan fingerprint density at radius 3 is 2.65 bits per heavy atom. The van der Waals surface area contributed by atoms with Gasteiger partial charge in [0.25, 0.3) is 0 Å². The number of nitrogens with zero attached hydrogens (tertiary/aromatic N) is 4. The van der Waals surface area contributed by atoms with E-state index in [1.54, 1.807) is 0 Å². The minimum Gasteiger partial charge on any atom is -0.383 e. The summed E-state index contributed by atoms with van der Waals surface area (Å²) >= 11 is 2.19. The van der Waals surface area contributed by atoms with Crippen molar-refractivity contribution < 1.29 is 0 Å². The number of aryl methyl sites for hydroxylation is 1. The molecular weight excluding hydrogens is 329 g/mol. The highest BCUT2D eigenvalue weighted by Crippen LogP contribution is 2.23. The van der Waals surface area contributed by atoms with E-state index < -0.39 is 0 Å². The van der Waals surface area contributed by atoms with Crippen LogP contribution in [0.15, 0.2) is 0 Å². The Hall–Kier alpha value is -0.470. The molecule has 5 nitrogen and oxygen atoms in total. The van der Waals surface area contributed by atoms with E-state index in [0.29, 0.717) is 5.82 Å². The Morgan fingerprint density at radius 1 is 1.29 bits per heavy atom. The molecule has 1 unspecified atom stereocenters. The molecule has 1 aromatic heterocycles. The van der Waals surface area contributed by atoms with Crippen molar-refractivity contribution in [3.8, 4) is 0 Å². The maximum Gasteiger partial charge on any atom is 0.149 e. The molecule has 0 amide bonds. The van der Waals surface area contributed by atoms with Gasteiger partial charge in [0.05, 0.1) is 15.3 Å². The zero-order valence-electron chi connectivity index (χ0n) is 10.4. The van der Waals surface area contributed by atoms with Crippen molar-refractivity contribution in [3.63, 3.8) is 0 Å². The third-order valence-electron chi connectivity index (χ3n) is 3.21. The van der Waals surface area contributed by atoms with Gasteiger partial charge in [0.15, 0.2) is 0 Å². The number of anilines is 1. The molecule has 1 aliphatic rings. The molecule has 2 heterocycles. The molecular formula is C11H18IN5. The van der Waals surface area contributed by atoms with Crippen molar-refractivity contribution in [1.82, 2.24) is 19.8 Å². The lowest BCUT2D eigenvalue weighted by molar-refractivity contribution is 0.109. The summed E-state index contributed by atoms with van der Waals surface area (Å²) in [6.07, 6.45) is 0. The second-order valence-corrected chi connectivity index (χ2v) is 5.70. The number of nitrogen functional groups attached to an aromatic ring is 1. The monoisotopic (exact) mass is 347 g/mol. The Bertz CT molecular complexity index is 399. The van der Waals surface area contributed by atoms with E-state index in [2.05, 4.69) is 56.5 Å². The van der Waals surface area contributed by atoms with Crippen LogP contribution in [0.5, 0.6) is 0 Å². The molecule has 1 fully saturated rings. The summed E-state index contributed by atoms with van der Waals surface area (Å²) in [6, 6.07) is 0.242. The highest BCUT2D eigenvalue weighted by molar-refractivity contribution is 14.1. The SMILES string of the molecule is Cc1nc(C2CN(C)CCN2C)nc(N)c1I. The Kier molecular flexibility index (Phi) is 3.84. The minimum atomic E-state index is 0.242. The summed E-state index contributed by atoms with van der Waals surface area (Å²) in [6.45, 7) is 5.06. The van der Waals surface area contributed by atoms with Crippen molar-refractivity contribution in [2.75, 3.05) is 39.5 Å². The highest BCUT2D eigenvalue weighted by atomic mass is 127. The van der Waals surface area contributed by atoms with E-state index in [1.807, 2.05) is 6.92 Å². The lowest BCUT2D eigenvalue weighted by Gasteiger charge is -2.36. The molecule has 94 valence electrons. The number of likely N-dealkylation sites (N-methyl/N-ethyl adjacent to an activating group) is 2. The first-order valence-electron chi connectivity index (χ1n) is 5.67. The van der Waals surface area contributed by atoms with E-state index in [9.17, 15) is 0 Å². The molecule has 0 radical (unpaired) electrons. The number of hydrogen-bond acceptors (Lipinski definition) is 5. The standard InChI is InChI=1S/C11H18IN5/c1-7-9(12)10(13)15-11(14-7)8-6-16(2)4-5-17(8)3/h8H,4-6H2,1-3H3,(H2,13,14,15). The molecule has 0 aliphatic carbocycles. The van der Waals surface area contributed by atoms with Gasteiger partial charge in [-0.15, -0.1) is 0 Å². The summed E-state index contributed by atoms with van der Waals surface area (Å²) in [5, 5.41) is 0. The third-order valence-corrected chi connectivity index (χ3v) is 4.54. The van der Waals surface area contributed by atoms with Crippen LogP contribution in [0.25, 0.3) is 0 Å². The van der Waals surface area contributed by atoms with Gasteiger partial charge < -0.3 is 10.6 Å². The van der Waals surface area contributed by atoms with Crippen LogP contribution >= 0.6 is 22.6 Å². The molecule has 17 heavy (non-hydrogen) atoms. The van der Waals surface area contributed by atoms with Crippen molar-refractivity contribution in [1.29, 1.82) is 0 Å². The van der Waals surface area contributed by atoms with Gasteiger partial charge in [-0.3, -0.25) is 4.90 Å². The predicted octanol–water partition coefficient (Wildman–Crippen LogP) is 0.890. The second-order valence-electron chi connectivity index (χ2n) is 4.63. The van der Waals surface area contributed by atoms with Gasteiger partial charge in [-0.2, -0.15) is 0 Å². The van der Waals surface area contributed by atoms with E-state index in [4.69, 9.17) is 5.73 Å². The van der Waals surface area contributed by atoms with Crippen LogP contribution in [0.3, 0.4) is 0 Å². The molecule has 1 atom stereocenters. The van der Waals surface area contributed by atoms with Crippen LogP contribution in [0.1, 0.15) is 17.6 Å². The second kappa shape index (κ2) is 5.03. The molecule has 1 saturated heterocycles. The normalized spacial score (nSPS) is 22.9. The molecule has 1 aromatic rings. The zero-order chi connectivity index (χ0) is 12.6. The van der Waals surface area contributed by atoms with Crippen LogP contribution in [-0.4, -0.2) is 53.5 Å². The summed E-state index contributed by atoms with van der Waals surface area (Å²) < 4.78 is 0.957. The molecule has 6 heteroatoms. The van der Waals surface area contributed by atoms with E-state index in [1.165, 1.54) is 0 Å². The molecule has 0 bridgehead atoms. The number of rotatable bonds is 1. The number of nitrogens with two attached hydrogens (primary N) is 1. The van der Waals surface area contributed by atoms with Gasteiger partial charge in [-0.05, 0) is 43.6 Å². The molecule has 0 spiro atoms. The van der Waals surface area contributed by atoms with Crippen LogP contribution in [0.2, 0.25) is 0 Å². The van der Waals surface area contributed by atoms with Crippen molar-refractivity contribution in [2.45, 2.75) is 13.0 Å². The molecule has 0 aromatic carbocycles. The van der Waals surface area contributed by atoms with Gasteiger partial charge in [0.2, 0.25) is 0 Å². The summed E-state index contributed by atoms with van der Waals surface area (Å²) in [4.78, 5) is 13.6. The first-order valence-corrected chi connectivity index (χ1v) is 6.75. The predicted molar refractivity (Wildman–Crippen MR) is 76.8 cm³/mol. The van der Waals surface area contributed by atoms with Crippen LogP contribution in [-0.2, 0) is 0 Å². The lowest BCUT2D eigenvalue weighted by atomic mass is 10.1. The number of hydrogen-bond donors (Lipinski definition) is 1. The van der Waals surface area contributed by atoms with E-state index in [0.717, 1.165) is 34.7 Å². The fourth-order valence-corrected chi connectivity index (χ4v) is 2.28. The van der Waals surface area contributed by atoms with Crippen LogP contribution in [0.4, 0.5) is 5.82 Å².